The van der Waals surface area contributed by atoms with Gasteiger partial charge in [-0.05, 0) is 122 Å². The van der Waals surface area contributed by atoms with E-state index in [4.69, 9.17) is 95.8 Å². The number of hydrogen-bond donors (Lipinski definition) is 4. The molecule has 8 aromatic rings. The summed E-state index contributed by atoms with van der Waals surface area (Å²) in [6.07, 6.45) is 77.8. The number of hydrogen-bond acceptors (Lipinski definition) is 20. The topological polar surface area (TPSA) is 260 Å². The van der Waals surface area contributed by atoms with Crippen LogP contribution in [0, 0.1) is 0 Å². The van der Waals surface area contributed by atoms with Crippen molar-refractivity contribution in [2.45, 2.75) is 413 Å². The standard InChI is InChI=1S/C124H204N8O16/c1-9-13-17-21-25-29-33-37-41-45-49-53-57-61-65-101-93-105-107(95-103(101)67-63-59-55-51-47-43-39-35-31-27-23-19-15-11-3)119-126-117(105)125-118-106-94-102(66-62-58-54-50-46-42-38-34-30-26-22-18-14-10-2)104(68-64-60-56-52-48-44-40-36-32-28-24-20-16-12-4)96-108(106)120(127-118)129-122-110-98-114(146-90-86-142-82-78-138-74-70-134-6)116(148-92-88-144-84-80-140-76-72-136-8)100-112(110)124(131-122)132-123-111-99-115(147-91-87-143-83-79-139-75-71-135-7)113(97-109(111)121(128-119)130-123)145-89-85-141-81-77-137-73-69-133-5/h93-100H,9-92H2,1-8H3,(H4,125,126,127,128,129,130,131,132). The van der Waals surface area contributed by atoms with E-state index in [-0.39, 0.29) is 26.4 Å². The van der Waals surface area contributed by atoms with Crippen LogP contribution in [0.15, 0.2) is 68.5 Å². The third kappa shape index (κ3) is 50.5. The average molecular weight is 2060 g/mol. The summed E-state index contributed by atoms with van der Waals surface area (Å²) in [5.41, 5.74) is 8.10. The highest BCUT2D eigenvalue weighted by atomic mass is 16.6. The summed E-state index contributed by atoms with van der Waals surface area (Å²) in [4.78, 5) is 39.3. The quantitative estimate of drug-likeness (QED) is 0.0258. The normalized spacial score (nSPS) is 12.2. The lowest BCUT2D eigenvalue weighted by atomic mass is 9.93. The van der Waals surface area contributed by atoms with Crippen LogP contribution >= 0.6 is 0 Å². The number of aryl methyl sites for hydroxylation is 4. The molecule has 0 fully saturated rings. The van der Waals surface area contributed by atoms with Crippen LogP contribution in [-0.2, 0) is 82.5 Å². The van der Waals surface area contributed by atoms with E-state index in [1.165, 1.54) is 356 Å². The molecule has 0 saturated heterocycles. The predicted molar refractivity (Wildman–Crippen MR) is 609 cm³/mol. The first-order valence-corrected chi connectivity index (χ1v) is 60.0. The zero-order valence-electron chi connectivity index (χ0n) is 94.3. The van der Waals surface area contributed by atoms with Crippen LogP contribution in [0.3, 0.4) is 0 Å². The predicted octanol–water partition coefficient (Wildman–Crippen LogP) is 30.1. The summed E-state index contributed by atoms with van der Waals surface area (Å²) >= 11 is 0. The lowest BCUT2D eigenvalue weighted by Gasteiger charge is -2.14. The maximum Gasteiger partial charge on any atom is 0.162 e. The molecule has 8 bridgehead atoms. The van der Waals surface area contributed by atoms with Crippen molar-refractivity contribution in [3.63, 3.8) is 0 Å². The number of rotatable bonds is 100. The first-order chi connectivity index (χ1) is 73.3. The Bertz CT molecular complexity index is 4560. The van der Waals surface area contributed by atoms with Gasteiger partial charge in [0.2, 0.25) is 0 Å². The summed E-state index contributed by atoms with van der Waals surface area (Å²) in [6, 6.07) is 18.1. The van der Waals surface area contributed by atoms with E-state index in [1.807, 2.05) is 24.3 Å². The van der Waals surface area contributed by atoms with Crippen molar-refractivity contribution in [3.8, 4) is 23.0 Å². The fourth-order valence-corrected chi connectivity index (χ4v) is 20.3. The first-order valence-electron chi connectivity index (χ1n) is 60.0. The molecule has 0 saturated carbocycles. The molecule has 0 unspecified atom stereocenters. The molecule has 0 spiro atoms. The van der Waals surface area contributed by atoms with Gasteiger partial charge in [-0.25, -0.2) is 20.0 Å². The molecule has 0 radical (unpaired) electrons. The Kier molecular flexibility index (Phi) is 69.4. The van der Waals surface area contributed by atoms with Gasteiger partial charge in [-0.2, -0.15) is 0 Å². The fraction of sp³-hybridized carbons (Fsp3) is 0.742. The highest BCUT2D eigenvalue weighted by molar-refractivity contribution is 6.03. The summed E-state index contributed by atoms with van der Waals surface area (Å²) < 4.78 is 96.0. The third-order valence-corrected chi connectivity index (χ3v) is 29.1. The maximum atomic E-state index is 6.84. The number of fused-ring (bicyclic) bond motifs is 20. The fourth-order valence-electron chi connectivity index (χ4n) is 20.3. The Morgan fingerprint density at radius 3 is 0.500 bits per heavy atom. The molecule has 148 heavy (non-hydrogen) atoms. The van der Waals surface area contributed by atoms with E-state index in [0.717, 1.165) is 106 Å². The molecule has 24 nitrogen and oxygen atoms in total. The zero-order valence-corrected chi connectivity index (χ0v) is 94.3. The number of aromatic nitrogens is 4. The average Bonchev–Trinajstić information content (AvgIpc) is 1.59. The molecule has 4 N–H and O–H groups in total. The van der Waals surface area contributed by atoms with E-state index >= 15 is 0 Å². The van der Waals surface area contributed by atoms with Gasteiger partial charge in [-0.15, -0.1) is 0 Å². The second-order valence-electron chi connectivity index (χ2n) is 41.4. The Labute approximate surface area is 892 Å². The van der Waals surface area contributed by atoms with Crippen LogP contribution in [-0.4, -0.2) is 207 Å². The Morgan fingerprint density at radius 1 is 0.162 bits per heavy atom. The van der Waals surface area contributed by atoms with Gasteiger partial charge in [0, 0.05) is 71.5 Å². The number of methoxy groups -OCH3 is 4. The Morgan fingerprint density at radius 2 is 0.311 bits per heavy atom. The number of ether oxygens (including phenoxy) is 16. The second-order valence-corrected chi connectivity index (χ2v) is 41.4. The van der Waals surface area contributed by atoms with E-state index in [2.05, 4.69) is 71.9 Å². The minimum absolute atomic E-state index is 0.214. The molecule has 4 aromatic heterocycles. The lowest BCUT2D eigenvalue weighted by molar-refractivity contribution is 0.0160. The van der Waals surface area contributed by atoms with Crippen LogP contribution in [0.4, 0.5) is 23.3 Å². The Hall–Kier alpha value is -7.04. The smallest absolute Gasteiger partial charge is 0.162 e. The summed E-state index contributed by atoms with van der Waals surface area (Å²) in [5, 5.41) is 7.06. The minimum atomic E-state index is 0.214. The van der Waals surface area contributed by atoms with Crippen LogP contribution < -0.4 is 40.9 Å². The monoisotopic (exact) mass is 2060 g/mol. The van der Waals surface area contributed by atoms with Crippen molar-refractivity contribution in [3.05, 3.63) is 92.7 Å². The molecule has 24 heteroatoms. The van der Waals surface area contributed by atoms with Gasteiger partial charge in [-0.1, -0.05) is 362 Å². The molecule has 1 aliphatic rings. The zero-order chi connectivity index (χ0) is 104. The van der Waals surface area contributed by atoms with Gasteiger partial charge in [0.15, 0.2) is 23.0 Å². The molecule has 1 aliphatic heterocycles. The lowest BCUT2D eigenvalue weighted by Crippen LogP contribution is -2.14. The van der Waals surface area contributed by atoms with Crippen LogP contribution in [0.25, 0.3) is 43.1 Å². The van der Waals surface area contributed by atoms with Crippen molar-refractivity contribution in [1.82, 2.24) is 19.9 Å². The van der Waals surface area contributed by atoms with E-state index < -0.39 is 0 Å². The van der Waals surface area contributed by atoms with Gasteiger partial charge in [0.05, 0.1) is 132 Å². The molecule has 0 aliphatic carbocycles. The molecule has 0 atom stereocenters. The van der Waals surface area contributed by atoms with Crippen LogP contribution in [0.2, 0.25) is 0 Å². The van der Waals surface area contributed by atoms with E-state index in [0.29, 0.717) is 189 Å². The van der Waals surface area contributed by atoms with Crippen molar-refractivity contribution < 1.29 is 75.8 Å². The van der Waals surface area contributed by atoms with Gasteiger partial charge >= 0.3 is 0 Å². The van der Waals surface area contributed by atoms with Gasteiger partial charge in [-0.3, -0.25) is 0 Å². The highest BCUT2D eigenvalue weighted by Crippen LogP contribution is 2.44. The Balaban J connectivity index is 1.23. The van der Waals surface area contributed by atoms with Crippen molar-refractivity contribution in [2.24, 2.45) is 20.0 Å². The van der Waals surface area contributed by atoms with Crippen LogP contribution in [0.5, 0.6) is 23.0 Å². The highest BCUT2D eigenvalue weighted by Gasteiger charge is 2.24. The van der Waals surface area contributed by atoms with E-state index in [9.17, 15) is 0 Å². The molecule has 0 amide bonds. The number of aromatic amines is 4. The first kappa shape index (κ1) is 124. The summed E-state index contributed by atoms with van der Waals surface area (Å²) in [7, 11) is 6.69. The molecular weight excluding hydrogens is 1860 g/mol. The summed E-state index contributed by atoms with van der Waals surface area (Å²) in [5.74, 6) is 4.49. The van der Waals surface area contributed by atoms with Crippen molar-refractivity contribution in [1.29, 1.82) is 0 Å². The van der Waals surface area contributed by atoms with E-state index in [1.54, 1.807) is 28.4 Å². The maximum absolute atomic E-state index is 6.84. The third-order valence-electron chi connectivity index (χ3n) is 29.1. The van der Waals surface area contributed by atoms with Crippen molar-refractivity contribution in [2.75, 3.05) is 187 Å². The van der Waals surface area contributed by atoms with Gasteiger partial charge in [0.1, 0.15) is 71.6 Å². The molecule has 836 valence electrons. The second kappa shape index (κ2) is 82.5. The molecule has 9 rings (SSSR count). The summed E-state index contributed by atoms with van der Waals surface area (Å²) in [6.45, 7) is 18.5. The molecular formula is C124H204N8O16. The number of unbranched alkanes of at least 4 members (excludes halogenated alkanes) is 52. The number of H-pyrrole nitrogens is 4. The number of benzene rings is 4. The number of nitrogens with one attached hydrogen (secondary N) is 4. The minimum Gasteiger partial charge on any atom is -0.487 e. The van der Waals surface area contributed by atoms with Gasteiger partial charge < -0.3 is 95.7 Å². The van der Waals surface area contributed by atoms with Crippen molar-refractivity contribution >= 4 is 66.4 Å². The van der Waals surface area contributed by atoms with Gasteiger partial charge in [0.25, 0.3) is 0 Å². The molecule has 4 aromatic carbocycles. The van der Waals surface area contributed by atoms with Crippen LogP contribution in [0.1, 0.15) is 410 Å². The molecule has 5 heterocycles. The SMILES string of the molecule is CCCCCCCCCCCCCCCCc1cc2c3[nH]c(c2cc1CCCCCCCCCCCCCCCC)N=c1[nH]c(c2cc(OCCOCCOCCOC)c(OCCOCCOCCOC)cc12)=Nc1[nH]c(c2cc(OCCOCCOCCOC)c(OCCOCCOCCOC)cc12)N=c1[nH]c(c2cc(CCCCCCCCCCCCCCCC)c(CCCCCCCCCCCCCCCC)cc12)=N3. The largest absolute Gasteiger partial charge is 0.487 e. The number of nitrogens with zero attached hydrogens (tertiary/aromatic N) is 4.